The van der Waals surface area contributed by atoms with Crippen LogP contribution in [0.2, 0.25) is 0 Å². The summed E-state index contributed by atoms with van der Waals surface area (Å²) >= 11 is 0. The zero-order valence-electron chi connectivity index (χ0n) is 69.0. The van der Waals surface area contributed by atoms with Crippen LogP contribution in [0.3, 0.4) is 0 Å². The molecule has 0 saturated carbocycles. The van der Waals surface area contributed by atoms with E-state index < -0.39 is 97.5 Å². The van der Waals surface area contributed by atoms with Crippen LogP contribution in [0.4, 0.5) is 0 Å². The van der Waals surface area contributed by atoms with E-state index in [1.54, 1.807) is 0 Å². The Morgan fingerprint density at radius 1 is 0.276 bits per heavy atom. The molecule has 6 atom stereocenters. The molecule has 19 heteroatoms. The Labute approximate surface area is 645 Å². The molecule has 0 aromatic rings. The average molecular weight is 1540 g/mol. The van der Waals surface area contributed by atoms with Crippen molar-refractivity contribution in [2.75, 3.05) is 39.6 Å². The molecule has 105 heavy (non-hydrogen) atoms. The molecular formula is C86H168O17P2. The van der Waals surface area contributed by atoms with Crippen LogP contribution in [-0.4, -0.2) is 96.7 Å². The largest absolute Gasteiger partial charge is 0.472 e. The molecule has 0 aromatic heterocycles. The van der Waals surface area contributed by atoms with Crippen molar-refractivity contribution in [3.05, 3.63) is 0 Å². The summed E-state index contributed by atoms with van der Waals surface area (Å²) in [5.74, 6) is -0.578. The van der Waals surface area contributed by atoms with E-state index in [4.69, 9.17) is 37.0 Å². The van der Waals surface area contributed by atoms with Crippen molar-refractivity contribution in [1.82, 2.24) is 0 Å². The van der Waals surface area contributed by atoms with Gasteiger partial charge in [0, 0.05) is 25.7 Å². The van der Waals surface area contributed by atoms with Gasteiger partial charge in [-0.25, -0.2) is 9.13 Å². The van der Waals surface area contributed by atoms with E-state index in [0.717, 1.165) is 108 Å². The van der Waals surface area contributed by atoms with Crippen LogP contribution in [-0.2, 0) is 65.4 Å². The van der Waals surface area contributed by atoms with E-state index in [1.165, 1.54) is 270 Å². The van der Waals surface area contributed by atoms with Crippen molar-refractivity contribution in [2.45, 2.75) is 477 Å². The molecule has 0 radical (unpaired) electrons. The van der Waals surface area contributed by atoms with Gasteiger partial charge < -0.3 is 33.8 Å². The van der Waals surface area contributed by atoms with Gasteiger partial charge in [0.15, 0.2) is 12.2 Å². The highest BCUT2D eigenvalue weighted by atomic mass is 31.2. The Balaban J connectivity index is 5.23. The van der Waals surface area contributed by atoms with Gasteiger partial charge in [-0.05, 0) is 37.5 Å². The summed E-state index contributed by atoms with van der Waals surface area (Å²) in [5, 5.41) is 10.7. The zero-order valence-corrected chi connectivity index (χ0v) is 70.8. The second kappa shape index (κ2) is 77.4. The number of unbranched alkanes of at least 4 members (excludes halogenated alkanes) is 54. The van der Waals surface area contributed by atoms with Gasteiger partial charge in [0.1, 0.15) is 19.3 Å². The Bertz CT molecular complexity index is 2010. The lowest BCUT2D eigenvalue weighted by molar-refractivity contribution is -0.161. The van der Waals surface area contributed by atoms with Gasteiger partial charge in [0.05, 0.1) is 26.4 Å². The van der Waals surface area contributed by atoms with Crippen molar-refractivity contribution in [1.29, 1.82) is 0 Å². The minimum Gasteiger partial charge on any atom is -0.462 e. The van der Waals surface area contributed by atoms with E-state index in [0.29, 0.717) is 25.7 Å². The SMILES string of the molecule is CCCCCCCCCCCCCCCCCCCCCCC(=O)O[C@H](COC(=O)CCCCCCCCCCCCCCCCCCCC)COP(=O)(O)OC[C@@H](O)COP(=O)(O)OC[C@@H](COC(=O)CCCCCCCCC(C)CC)OC(=O)CCCCCCCCCCCCCCCCC(C)C. The van der Waals surface area contributed by atoms with Crippen LogP contribution >= 0.6 is 15.6 Å². The Morgan fingerprint density at radius 2 is 0.486 bits per heavy atom. The van der Waals surface area contributed by atoms with E-state index in [2.05, 4.69) is 41.5 Å². The van der Waals surface area contributed by atoms with Crippen molar-refractivity contribution >= 4 is 39.5 Å². The molecule has 0 aliphatic carbocycles. The molecular weight excluding hydrogens is 1370 g/mol. The van der Waals surface area contributed by atoms with Crippen LogP contribution in [0, 0.1) is 11.8 Å². The van der Waals surface area contributed by atoms with Crippen LogP contribution in [0.5, 0.6) is 0 Å². The predicted octanol–water partition coefficient (Wildman–Crippen LogP) is 26.2. The molecule has 0 aliphatic rings. The number of carbonyl (C=O) groups excluding carboxylic acids is 4. The van der Waals surface area contributed by atoms with Gasteiger partial charge in [-0.2, -0.15) is 0 Å². The highest BCUT2D eigenvalue weighted by molar-refractivity contribution is 7.47. The molecule has 0 amide bonds. The monoisotopic (exact) mass is 1540 g/mol. The Morgan fingerprint density at radius 3 is 0.724 bits per heavy atom. The molecule has 3 unspecified atom stereocenters. The highest BCUT2D eigenvalue weighted by Crippen LogP contribution is 2.45. The number of rotatable bonds is 85. The fourth-order valence-electron chi connectivity index (χ4n) is 13.4. The summed E-state index contributed by atoms with van der Waals surface area (Å²) in [5.41, 5.74) is 0. The number of ether oxygens (including phenoxy) is 4. The number of phosphoric acid groups is 2. The minimum atomic E-state index is -4.97. The number of phosphoric ester groups is 2. The molecule has 0 aliphatic heterocycles. The van der Waals surface area contributed by atoms with Gasteiger partial charge in [-0.3, -0.25) is 37.3 Å². The molecule has 17 nitrogen and oxygen atoms in total. The number of carbonyl (C=O) groups is 4. The maximum Gasteiger partial charge on any atom is 0.472 e. The third-order valence-corrected chi connectivity index (χ3v) is 22.5. The third-order valence-electron chi connectivity index (χ3n) is 20.6. The van der Waals surface area contributed by atoms with Crippen LogP contribution in [0.1, 0.15) is 459 Å². The molecule has 0 aromatic carbocycles. The smallest absolute Gasteiger partial charge is 0.462 e. The lowest BCUT2D eigenvalue weighted by Crippen LogP contribution is -2.30. The average Bonchev–Trinajstić information content (AvgIpc) is 0.911. The lowest BCUT2D eigenvalue weighted by atomic mass is 10.00. The second-order valence-electron chi connectivity index (χ2n) is 31.6. The lowest BCUT2D eigenvalue weighted by Gasteiger charge is -2.21. The molecule has 0 saturated heterocycles. The standard InChI is InChI=1S/C86H168O17P2/c1-7-10-12-14-16-18-20-22-24-26-28-29-31-33-38-42-46-50-58-64-70-85(90)102-81(74-96-83(88)68-62-56-49-45-41-37-32-30-27-25-23-21-19-17-15-13-11-8-2)76-100-104(92,93)98-72-80(87)73-99-105(94,95)101-77-82(75-97-84(89)69-63-57-53-52-55-61-67-79(6)9-3)103-86(91)71-65-59-51-47-43-39-35-34-36-40-44-48-54-60-66-78(4)5/h78-82,87H,7-77H2,1-6H3,(H,92,93)(H,94,95)/t79?,80-,81-,82-/m1/s1. The highest BCUT2D eigenvalue weighted by Gasteiger charge is 2.30. The summed E-state index contributed by atoms with van der Waals surface area (Å²) in [6, 6.07) is 0. The number of aliphatic hydroxyl groups is 1. The first-order chi connectivity index (χ1) is 50.9. The third kappa shape index (κ3) is 78.5. The Hall–Kier alpha value is -1.94. The van der Waals surface area contributed by atoms with Crippen molar-refractivity contribution in [3.8, 4) is 0 Å². The summed E-state index contributed by atoms with van der Waals surface area (Å²) in [7, 11) is -9.93. The van der Waals surface area contributed by atoms with Crippen molar-refractivity contribution in [2.24, 2.45) is 11.8 Å². The zero-order chi connectivity index (χ0) is 77.1. The maximum absolute atomic E-state index is 13.1. The van der Waals surface area contributed by atoms with Crippen LogP contribution in [0.25, 0.3) is 0 Å². The van der Waals surface area contributed by atoms with Crippen molar-refractivity contribution < 1.29 is 80.2 Å². The van der Waals surface area contributed by atoms with E-state index >= 15 is 0 Å². The van der Waals surface area contributed by atoms with Crippen molar-refractivity contribution in [3.63, 3.8) is 0 Å². The first kappa shape index (κ1) is 103. The first-order valence-corrected chi connectivity index (χ1v) is 47.5. The normalized spacial score (nSPS) is 14.1. The number of hydrogen-bond donors (Lipinski definition) is 3. The quantitative estimate of drug-likeness (QED) is 0.0222. The minimum absolute atomic E-state index is 0.107. The van der Waals surface area contributed by atoms with Gasteiger partial charge in [-0.1, -0.05) is 408 Å². The van der Waals surface area contributed by atoms with E-state index in [-0.39, 0.29) is 25.7 Å². The molecule has 0 fully saturated rings. The van der Waals surface area contributed by atoms with Gasteiger partial charge in [0.25, 0.3) is 0 Å². The summed E-state index contributed by atoms with van der Waals surface area (Å²) in [6.45, 7) is 9.65. The summed E-state index contributed by atoms with van der Waals surface area (Å²) < 4.78 is 68.9. The molecule has 0 spiro atoms. The summed E-state index contributed by atoms with van der Waals surface area (Å²) in [4.78, 5) is 73.2. The molecule has 0 rings (SSSR count). The number of hydrogen-bond acceptors (Lipinski definition) is 15. The Kier molecular flexibility index (Phi) is 76.0. The van der Waals surface area contributed by atoms with Crippen LogP contribution in [0.15, 0.2) is 0 Å². The van der Waals surface area contributed by atoms with Crippen LogP contribution < -0.4 is 0 Å². The van der Waals surface area contributed by atoms with Gasteiger partial charge >= 0.3 is 39.5 Å². The predicted molar refractivity (Wildman–Crippen MR) is 432 cm³/mol. The summed E-state index contributed by atoms with van der Waals surface area (Å²) in [6.07, 6.45) is 69.5. The second-order valence-corrected chi connectivity index (χ2v) is 34.6. The number of aliphatic hydroxyl groups excluding tert-OH is 1. The fraction of sp³-hybridized carbons (Fsp3) is 0.953. The van der Waals surface area contributed by atoms with Gasteiger partial charge in [0.2, 0.25) is 0 Å². The van der Waals surface area contributed by atoms with E-state index in [1.807, 2.05) is 0 Å². The van der Waals surface area contributed by atoms with E-state index in [9.17, 15) is 43.2 Å². The molecule has 0 heterocycles. The topological polar surface area (TPSA) is 237 Å². The maximum atomic E-state index is 13.1. The fourth-order valence-corrected chi connectivity index (χ4v) is 15.0. The first-order valence-electron chi connectivity index (χ1n) is 44.5. The van der Waals surface area contributed by atoms with Gasteiger partial charge in [-0.15, -0.1) is 0 Å². The number of esters is 4. The molecule has 3 N–H and O–H groups in total. The molecule has 624 valence electrons. The molecule has 0 bridgehead atoms.